The molecular weight excluding hydrogens is 304 g/mol. The predicted molar refractivity (Wildman–Crippen MR) is 84.2 cm³/mol. The number of hydrogen-bond acceptors (Lipinski definition) is 6. The fourth-order valence-corrected chi connectivity index (χ4v) is 2.32. The number of anilines is 1. The van der Waals surface area contributed by atoms with E-state index in [9.17, 15) is 9.59 Å². The highest BCUT2D eigenvalue weighted by molar-refractivity contribution is 8.00. The summed E-state index contributed by atoms with van der Waals surface area (Å²) in [6, 6.07) is 3.18. The molecule has 1 aromatic rings. The highest BCUT2D eigenvalue weighted by Gasteiger charge is 2.14. The highest BCUT2D eigenvalue weighted by Crippen LogP contribution is 2.09. The fourth-order valence-electron chi connectivity index (χ4n) is 1.69. The van der Waals surface area contributed by atoms with Crippen LogP contribution < -0.4 is 10.6 Å². The van der Waals surface area contributed by atoms with Crippen molar-refractivity contribution in [1.29, 1.82) is 5.26 Å². The summed E-state index contributed by atoms with van der Waals surface area (Å²) in [5, 5.41) is 17.8. The van der Waals surface area contributed by atoms with Crippen LogP contribution in [0, 0.1) is 24.2 Å². The van der Waals surface area contributed by atoms with Gasteiger partial charge in [-0.15, -0.1) is 11.8 Å². The zero-order valence-electron chi connectivity index (χ0n) is 12.9. The Morgan fingerprint density at radius 1 is 1.41 bits per heavy atom. The van der Waals surface area contributed by atoms with E-state index in [0.29, 0.717) is 23.9 Å². The van der Waals surface area contributed by atoms with Gasteiger partial charge in [0.05, 0.1) is 17.6 Å². The van der Waals surface area contributed by atoms with E-state index in [1.807, 2.05) is 13.8 Å². The molecule has 0 aliphatic carbocycles. The molecular formula is C14H20N4O3S. The van der Waals surface area contributed by atoms with Crippen molar-refractivity contribution in [3.05, 3.63) is 11.8 Å². The second kappa shape index (κ2) is 9.10. The lowest BCUT2D eigenvalue weighted by Crippen LogP contribution is -2.36. The molecule has 0 saturated heterocycles. The second-order valence-electron chi connectivity index (χ2n) is 5.24. The predicted octanol–water partition coefficient (Wildman–Crippen LogP) is 1.71. The number of nitrogens with one attached hydrogen (secondary N) is 2. The highest BCUT2D eigenvalue weighted by atomic mass is 32.2. The summed E-state index contributed by atoms with van der Waals surface area (Å²) < 4.78 is 4.83. The number of nitriles is 1. The van der Waals surface area contributed by atoms with Crippen LogP contribution in [0.2, 0.25) is 0 Å². The maximum absolute atomic E-state index is 11.7. The zero-order valence-corrected chi connectivity index (χ0v) is 13.7. The number of hydrogen-bond donors (Lipinski definition) is 2. The van der Waals surface area contributed by atoms with Crippen molar-refractivity contribution in [3.8, 4) is 6.07 Å². The smallest absolute Gasteiger partial charge is 0.235 e. The molecule has 1 unspecified atom stereocenters. The quantitative estimate of drug-likeness (QED) is 0.753. The first-order valence-electron chi connectivity index (χ1n) is 6.90. The van der Waals surface area contributed by atoms with Crippen LogP contribution in [-0.2, 0) is 9.59 Å². The fraction of sp³-hybridized carbons (Fsp3) is 0.571. The Bertz CT molecular complexity index is 551. The van der Waals surface area contributed by atoms with E-state index >= 15 is 0 Å². The molecule has 2 N–H and O–H groups in total. The van der Waals surface area contributed by atoms with Gasteiger partial charge >= 0.3 is 0 Å². The van der Waals surface area contributed by atoms with Gasteiger partial charge in [0.2, 0.25) is 11.8 Å². The van der Waals surface area contributed by atoms with Crippen molar-refractivity contribution in [2.75, 3.05) is 16.8 Å². The molecule has 7 nitrogen and oxygen atoms in total. The first-order valence-corrected chi connectivity index (χ1v) is 8.06. The summed E-state index contributed by atoms with van der Waals surface area (Å²) >= 11 is 1.17. The Morgan fingerprint density at radius 2 is 2.09 bits per heavy atom. The Morgan fingerprint density at radius 3 is 2.64 bits per heavy atom. The monoisotopic (exact) mass is 324 g/mol. The number of amides is 2. The van der Waals surface area contributed by atoms with Gasteiger partial charge in [0.25, 0.3) is 0 Å². The van der Waals surface area contributed by atoms with E-state index < -0.39 is 6.04 Å². The topological polar surface area (TPSA) is 108 Å². The van der Waals surface area contributed by atoms with Crippen LogP contribution in [-0.4, -0.2) is 34.5 Å². The molecule has 0 bridgehead atoms. The number of aryl methyl sites for hydroxylation is 1. The molecule has 22 heavy (non-hydrogen) atoms. The molecule has 1 atom stereocenters. The lowest BCUT2D eigenvalue weighted by molar-refractivity contribution is -0.119. The first kappa shape index (κ1) is 18.0. The SMILES string of the molecule is Cc1cc(NC(=O)CSCC(=O)NC(C#N)CC(C)C)no1. The van der Waals surface area contributed by atoms with Crippen LogP contribution in [0.5, 0.6) is 0 Å². The van der Waals surface area contributed by atoms with Gasteiger partial charge in [-0.3, -0.25) is 9.59 Å². The summed E-state index contributed by atoms with van der Waals surface area (Å²) in [5.41, 5.74) is 0. The molecule has 8 heteroatoms. The minimum absolute atomic E-state index is 0.126. The molecule has 0 aliphatic rings. The molecule has 2 amide bonds. The average molecular weight is 324 g/mol. The lowest BCUT2D eigenvalue weighted by atomic mass is 10.1. The Balaban J connectivity index is 2.24. The maximum atomic E-state index is 11.7. The van der Waals surface area contributed by atoms with Crippen LogP contribution in [0.1, 0.15) is 26.0 Å². The molecule has 1 heterocycles. The normalized spacial score (nSPS) is 11.8. The average Bonchev–Trinajstić information content (AvgIpc) is 2.82. The van der Waals surface area contributed by atoms with Gasteiger partial charge in [0.1, 0.15) is 11.8 Å². The number of carbonyl (C=O) groups excluding carboxylic acids is 2. The third-order valence-corrected chi connectivity index (χ3v) is 3.49. The van der Waals surface area contributed by atoms with Crippen molar-refractivity contribution in [2.45, 2.75) is 33.2 Å². The number of rotatable bonds is 8. The molecule has 0 fully saturated rings. The second-order valence-corrected chi connectivity index (χ2v) is 6.23. The standard InChI is InChI=1S/C14H20N4O3S/c1-9(2)4-11(6-15)16-13(19)7-22-8-14(20)17-12-5-10(3)21-18-12/h5,9,11H,4,7-8H2,1-3H3,(H,16,19)(H,17,18,20). The summed E-state index contributed by atoms with van der Waals surface area (Å²) in [6.45, 7) is 5.70. The Kier molecular flexibility index (Phi) is 7.46. The Hall–Kier alpha value is -2.01. The van der Waals surface area contributed by atoms with Gasteiger partial charge in [-0.25, -0.2) is 0 Å². The van der Waals surface area contributed by atoms with E-state index in [0.717, 1.165) is 0 Å². The van der Waals surface area contributed by atoms with Crippen molar-refractivity contribution >= 4 is 29.4 Å². The van der Waals surface area contributed by atoms with Crippen LogP contribution >= 0.6 is 11.8 Å². The van der Waals surface area contributed by atoms with Crippen molar-refractivity contribution < 1.29 is 14.1 Å². The molecule has 0 aliphatic heterocycles. The van der Waals surface area contributed by atoms with Crippen LogP contribution in [0.3, 0.4) is 0 Å². The molecule has 0 saturated carbocycles. The van der Waals surface area contributed by atoms with E-state index in [-0.39, 0.29) is 23.3 Å². The van der Waals surface area contributed by atoms with Gasteiger partial charge in [0, 0.05) is 6.07 Å². The molecule has 0 radical (unpaired) electrons. The van der Waals surface area contributed by atoms with E-state index in [1.54, 1.807) is 13.0 Å². The largest absolute Gasteiger partial charge is 0.360 e. The van der Waals surface area contributed by atoms with Gasteiger partial charge < -0.3 is 15.2 Å². The molecule has 120 valence electrons. The van der Waals surface area contributed by atoms with Crippen molar-refractivity contribution in [2.24, 2.45) is 5.92 Å². The first-order chi connectivity index (χ1) is 10.4. The summed E-state index contributed by atoms with van der Waals surface area (Å²) in [6.07, 6.45) is 0.610. The van der Waals surface area contributed by atoms with Gasteiger partial charge in [-0.2, -0.15) is 5.26 Å². The van der Waals surface area contributed by atoms with E-state index in [1.165, 1.54) is 11.8 Å². The van der Waals surface area contributed by atoms with Gasteiger partial charge in [0.15, 0.2) is 5.82 Å². The Labute approximate surface area is 133 Å². The van der Waals surface area contributed by atoms with Gasteiger partial charge in [-0.05, 0) is 19.3 Å². The lowest BCUT2D eigenvalue weighted by Gasteiger charge is -2.13. The van der Waals surface area contributed by atoms with Gasteiger partial charge in [-0.1, -0.05) is 19.0 Å². The summed E-state index contributed by atoms with van der Waals surface area (Å²) in [5.74, 6) is 1.04. The van der Waals surface area contributed by atoms with Crippen molar-refractivity contribution in [3.63, 3.8) is 0 Å². The number of aromatic nitrogens is 1. The number of nitrogens with zero attached hydrogens (tertiary/aromatic N) is 2. The minimum atomic E-state index is -0.486. The third kappa shape index (κ3) is 7.13. The third-order valence-electron chi connectivity index (χ3n) is 2.56. The zero-order chi connectivity index (χ0) is 16.5. The number of thioether (sulfide) groups is 1. The maximum Gasteiger partial charge on any atom is 0.235 e. The van der Waals surface area contributed by atoms with E-state index in [4.69, 9.17) is 9.78 Å². The van der Waals surface area contributed by atoms with E-state index in [2.05, 4.69) is 21.9 Å². The minimum Gasteiger partial charge on any atom is -0.360 e. The summed E-state index contributed by atoms with van der Waals surface area (Å²) in [7, 11) is 0. The molecule has 1 rings (SSSR count). The van der Waals surface area contributed by atoms with Crippen LogP contribution in [0.4, 0.5) is 5.82 Å². The molecule has 0 spiro atoms. The molecule has 0 aromatic carbocycles. The van der Waals surface area contributed by atoms with Crippen LogP contribution in [0.25, 0.3) is 0 Å². The molecule has 1 aromatic heterocycles. The van der Waals surface area contributed by atoms with Crippen molar-refractivity contribution in [1.82, 2.24) is 10.5 Å². The summed E-state index contributed by atoms with van der Waals surface area (Å²) in [4.78, 5) is 23.3. The number of carbonyl (C=O) groups is 2. The van der Waals surface area contributed by atoms with Crippen LogP contribution in [0.15, 0.2) is 10.6 Å².